The number of hydrogen-bond donors (Lipinski definition) is 1. The number of carboxylic acid groups (broad SMARTS) is 1. The second-order valence-corrected chi connectivity index (χ2v) is 9.51. The van der Waals surface area contributed by atoms with Crippen LogP contribution in [0.2, 0.25) is 0 Å². The Bertz CT molecular complexity index is 1130. The molecule has 0 unspecified atom stereocenters. The molecule has 6 heteroatoms. The molecule has 0 fully saturated rings. The predicted molar refractivity (Wildman–Crippen MR) is 135 cm³/mol. The van der Waals surface area contributed by atoms with E-state index in [-0.39, 0.29) is 24.3 Å². The van der Waals surface area contributed by atoms with Crippen molar-refractivity contribution in [2.45, 2.75) is 52.4 Å². The second kappa shape index (κ2) is 11.1. The summed E-state index contributed by atoms with van der Waals surface area (Å²) >= 11 is 0. The van der Waals surface area contributed by atoms with Crippen LogP contribution in [0.1, 0.15) is 63.0 Å². The van der Waals surface area contributed by atoms with E-state index >= 15 is 0 Å². The first kappa shape index (κ1) is 25.1. The highest BCUT2D eigenvalue weighted by Gasteiger charge is 2.18. The maximum absolute atomic E-state index is 13.0. The number of carboxylic acids is 1. The van der Waals surface area contributed by atoms with E-state index in [1.165, 1.54) is 0 Å². The van der Waals surface area contributed by atoms with Gasteiger partial charge in [0.25, 0.3) is 5.91 Å². The zero-order valence-corrected chi connectivity index (χ0v) is 20.4. The number of nitrogens with zero attached hydrogens (tertiary/aromatic N) is 3. The Hall–Kier alpha value is -3.54. The SMILES string of the molecule is CCCCN(CCC(=O)O)C(=O)c1ccc(-c2cncc(-c3ccnc(C(C)(C)C)c3)c2)cc1. The van der Waals surface area contributed by atoms with Crippen molar-refractivity contribution in [1.29, 1.82) is 0 Å². The molecule has 34 heavy (non-hydrogen) atoms. The highest BCUT2D eigenvalue weighted by molar-refractivity contribution is 5.95. The van der Waals surface area contributed by atoms with Crippen molar-refractivity contribution >= 4 is 11.9 Å². The fourth-order valence-corrected chi connectivity index (χ4v) is 3.66. The lowest BCUT2D eigenvalue weighted by Gasteiger charge is -2.22. The summed E-state index contributed by atoms with van der Waals surface area (Å²) in [6.45, 7) is 9.24. The number of aliphatic carboxylic acids is 1. The Kier molecular flexibility index (Phi) is 8.16. The molecule has 178 valence electrons. The van der Waals surface area contributed by atoms with Gasteiger partial charge in [-0.15, -0.1) is 0 Å². The van der Waals surface area contributed by atoms with Crippen molar-refractivity contribution in [3.05, 3.63) is 72.3 Å². The molecule has 0 saturated heterocycles. The van der Waals surface area contributed by atoms with Gasteiger partial charge in [0.2, 0.25) is 0 Å². The van der Waals surface area contributed by atoms with Gasteiger partial charge in [0.05, 0.1) is 6.42 Å². The highest BCUT2D eigenvalue weighted by Crippen LogP contribution is 2.28. The molecule has 1 N–H and O–H groups in total. The third-order valence-electron chi connectivity index (χ3n) is 5.73. The van der Waals surface area contributed by atoms with Crippen LogP contribution in [0, 0.1) is 0 Å². The lowest BCUT2D eigenvalue weighted by atomic mass is 9.90. The number of pyridine rings is 2. The molecule has 3 aromatic rings. The number of benzene rings is 1. The summed E-state index contributed by atoms with van der Waals surface area (Å²) in [4.78, 5) is 34.5. The van der Waals surface area contributed by atoms with Crippen molar-refractivity contribution in [3.63, 3.8) is 0 Å². The third-order valence-corrected chi connectivity index (χ3v) is 5.73. The first-order chi connectivity index (χ1) is 16.2. The fraction of sp³-hybridized carbons (Fsp3) is 0.357. The lowest BCUT2D eigenvalue weighted by molar-refractivity contribution is -0.137. The summed E-state index contributed by atoms with van der Waals surface area (Å²) in [5, 5.41) is 9.01. The standard InChI is InChI=1S/C28H33N3O3/c1-5-6-14-31(15-12-26(32)33)27(34)21-9-7-20(8-10-21)23-16-24(19-29-18-23)22-11-13-30-25(17-22)28(2,3)4/h7-11,13,16-19H,5-6,12,14-15H2,1-4H3,(H,32,33). The molecular formula is C28H33N3O3. The van der Waals surface area contributed by atoms with Gasteiger partial charge in [-0.05, 0) is 47.9 Å². The summed E-state index contributed by atoms with van der Waals surface area (Å²) in [5.41, 5.74) is 5.52. The van der Waals surface area contributed by atoms with E-state index in [4.69, 9.17) is 5.11 Å². The van der Waals surface area contributed by atoms with Crippen LogP contribution in [0.4, 0.5) is 0 Å². The van der Waals surface area contributed by atoms with Crippen molar-refractivity contribution < 1.29 is 14.7 Å². The van der Waals surface area contributed by atoms with E-state index in [0.29, 0.717) is 12.1 Å². The molecule has 0 spiro atoms. The van der Waals surface area contributed by atoms with Gasteiger partial charge in [-0.25, -0.2) is 0 Å². The van der Waals surface area contributed by atoms with Crippen LogP contribution in [0.15, 0.2) is 61.1 Å². The summed E-state index contributed by atoms with van der Waals surface area (Å²) < 4.78 is 0. The number of rotatable bonds is 9. The molecular weight excluding hydrogens is 426 g/mol. The number of carbonyl (C=O) groups excluding carboxylic acids is 1. The van der Waals surface area contributed by atoms with Crippen LogP contribution < -0.4 is 0 Å². The number of hydrogen-bond acceptors (Lipinski definition) is 4. The number of amides is 1. The van der Waals surface area contributed by atoms with Crippen LogP contribution in [-0.2, 0) is 10.2 Å². The summed E-state index contributed by atoms with van der Waals surface area (Å²) in [6.07, 6.45) is 7.21. The molecule has 0 bridgehead atoms. The van der Waals surface area contributed by atoms with Gasteiger partial charge in [0.15, 0.2) is 0 Å². The zero-order chi connectivity index (χ0) is 24.7. The molecule has 1 amide bonds. The summed E-state index contributed by atoms with van der Waals surface area (Å²) in [7, 11) is 0. The van der Waals surface area contributed by atoms with Crippen molar-refractivity contribution in [2.24, 2.45) is 0 Å². The van der Waals surface area contributed by atoms with Gasteiger partial charge in [-0.3, -0.25) is 19.6 Å². The number of unbranched alkanes of at least 4 members (excludes halogenated alkanes) is 1. The molecule has 1 aromatic carbocycles. The average molecular weight is 460 g/mol. The van der Waals surface area contributed by atoms with Crippen LogP contribution in [0.25, 0.3) is 22.3 Å². The van der Waals surface area contributed by atoms with Gasteiger partial charge in [-0.2, -0.15) is 0 Å². The normalized spacial score (nSPS) is 11.3. The van der Waals surface area contributed by atoms with Crippen LogP contribution in [-0.4, -0.2) is 44.9 Å². The number of carbonyl (C=O) groups is 2. The Morgan fingerprint density at radius 2 is 1.59 bits per heavy atom. The van der Waals surface area contributed by atoms with Crippen molar-refractivity contribution in [1.82, 2.24) is 14.9 Å². The molecule has 6 nitrogen and oxygen atoms in total. The first-order valence-electron chi connectivity index (χ1n) is 11.7. The lowest BCUT2D eigenvalue weighted by Crippen LogP contribution is -2.33. The molecule has 0 atom stereocenters. The zero-order valence-electron chi connectivity index (χ0n) is 20.4. The fourth-order valence-electron chi connectivity index (χ4n) is 3.66. The molecule has 0 radical (unpaired) electrons. The molecule has 0 aliphatic heterocycles. The maximum atomic E-state index is 13.0. The van der Waals surface area contributed by atoms with E-state index < -0.39 is 5.97 Å². The van der Waals surface area contributed by atoms with Gasteiger partial charge in [0, 0.05) is 59.5 Å². The molecule has 0 aliphatic carbocycles. The van der Waals surface area contributed by atoms with Crippen LogP contribution in [0.3, 0.4) is 0 Å². The topological polar surface area (TPSA) is 83.4 Å². The van der Waals surface area contributed by atoms with Crippen LogP contribution in [0.5, 0.6) is 0 Å². The molecule has 2 heterocycles. The van der Waals surface area contributed by atoms with E-state index in [1.54, 1.807) is 17.0 Å². The Labute approximate surface area is 201 Å². The monoisotopic (exact) mass is 459 g/mol. The van der Waals surface area contributed by atoms with E-state index in [1.807, 2.05) is 43.7 Å². The van der Waals surface area contributed by atoms with Crippen LogP contribution >= 0.6 is 0 Å². The molecule has 0 aliphatic rings. The minimum atomic E-state index is -0.902. The minimum Gasteiger partial charge on any atom is -0.481 e. The van der Waals surface area contributed by atoms with Crippen molar-refractivity contribution in [2.75, 3.05) is 13.1 Å². The molecule has 0 saturated carbocycles. The Balaban J connectivity index is 1.82. The minimum absolute atomic E-state index is 0.0428. The highest BCUT2D eigenvalue weighted by atomic mass is 16.4. The van der Waals surface area contributed by atoms with Gasteiger partial charge >= 0.3 is 5.97 Å². The Morgan fingerprint density at radius 1 is 0.912 bits per heavy atom. The third kappa shape index (κ3) is 6.50. The second-order valence-electron chi connectivity index (χ2n) is 9.51. The molecule has 2 aromatic heterocycles. The Morgan fingerprint density at radius 3 is 2.21 bits per heavy atom. The quantitative estimate of drug-likeness (QED) is 0.436. The first-order valence-corrected chi connectivity index (χ1v) is 11.7. The van der Waals surface area contributed by atoms with Gasteiger partial charge in [-0.1, -0.05) is 46.2 Å². The molecule has 3 rings (SSSR count). The predicted octanol–water partition coefficient (Wildman–Crippen LogP) is 5.83. The van der Waals surface area contributed by atoms with E-state index in [2.05, 4.69) is 42.9 Å². The van der Waals surface area contributed by atoms with E-state index in [0.717, 1.165) is 40.8 Å². The van der Waals surface area contributed by atoms with Gasteiger partial charge in [0.1, 0.15) is 0 Å². The maximum Gasteiger partial charge on any atom is 0.305 e. The average Bonchev–Trinajstić information content (AvgIpc) is 2.83. The van der Waals surface area contributed by atoms with Crippen molar-refractivity contribution in [3.8, 4) is 22.3 Å². The summed E-state index contributed by atoms with van der Waals surface area (Å²) in [5.74, 6) is -1.04. The van der Waals surface area contributed by atoms with E-state index in [9.17, 15) is 9.59 Å². The van der Waals surface area contributed by atoms with Gasteiger partial charge < -0.3 is 10.0 Å². The summed E-state index contributed by atoms with van der Waals surface area (Å²) in [6, 6.07) is 13.6. The smallest absolute Gasteiger partial charge is 0.305 e. The largest absolute Gasteiger partial charge is 0.481 e. The number of aromatic nitrogens is 2.